The van der Waals surface area contributed by atoms with Crippen molar-refractivity contribution in [3.8, 4) is 5.75 Å². The number of aromatic nitrogens is 1. The van der Waals surface area contributed by atoms with Gasteiger partial charge < -0.3 is 9.47 Å². The lowest BCUT2D eigenvalue weighted by Crippen LogP contribution is -2.32. The first-order valence-electron chi connectivity index (χ1n) is 10.6. The average Bonchev–Trinajstić information content (AvgIpc) is 3.29. The standard InChI is InChI=1S/C26H28N2O4/c1-17-13-19(21-7-5-6-8-22(21)27-17)16-31-20-11-9-18(10-12-20)23-14-24(32-28-23)26(2,3)15-25(29)30-4/h5-14,24,28H,15-16H2,1-4H3. The van der Waals surface area contributed by atoms with Gasteiger partial charge in [-0.1, -0.05) is 32.0 Å². The maximum absolute atomic E-state index is 11.7. The molecule has 0 bridgehead atoms. The normalized spacial score (nSPS) is 15.9. The molecule has 0 spiro atoms. The van der Waals surface area contributed by atoms with Crippen molar-refractivity contribution in [2.45, 2.75) is 39.9 Å². The zero-order valence-electron chi connectivity index (χ0n) is 18.8. The molecule has 0 saturated heterocycles. The molecule has 0 amide bonds. The fourth-order valence-corrected chi connectivity index (χ4v) is 3.84. The molecule has 0 radical (unpaired) electrons. The predicted octanol–water partition coefficient (Wildman–Crippen LogP) is 4.96. The molecule has 1 N–H and O–H groups in total. The SMILES string of the molecule is COC(=O)CC(C)(C)C1C=C(c2ccc(OCc3cc(C)nc4ccccc34)cc2)NO1. The molecule has 0 aliphatic carbocycles. The number of hydroxylamine groups is 1. The monoisotopic (exact) mass is 432 g/mol. The summed E-state index contributed by atoms with van der Waals surface area (Å²) in [6.07, 6.45) is 2.04. The third kappa shape index (κ3) is 4.75. The molecule has 3 aromatic rings. The summed E-state index contributed by atoms with van der Waals surface area (Å²) in [5.74, 6) is 0.536. The third-order valence-electron chi connectivity index (χ3n) is 5.70. The van der Waals surface area contributed by atoms with Gasteiger partial charge in [-0.05, 0) is 55.0 Å². The van der Waals surface area contributed by atoms with Gasteiger partial charge in [-0.15, -0.1) is 0 Å². The molecule has 1 aromatic heterocycles. The van der Waals surface area contributed by atoms with Crippen molar-refractivity contribution >= 4 is 22.6 Å². The minimum Gasteiger partial charge on any atom is -0.489 e. The number of pyridine rings is 1. The highest BCUT2D eigenvalue weighted by atomic mass is 16.7. The molecule has 6 nitrogen and oxygen atoms in total. The molecule has 2 aromatic carbocycles. The second-order valence-electron chi connectivity index (χ2n) is 8.72. The van der Waals surface area contributed by atoms with Gasteiger partial charge in [0, 0.05) is 22.1 Å². The molecular formula is C26H28N2O4. The van der Waals surface area contributed by atoms with E-state index in [0.29, 0.717) is 6.61 Å². The van der Waals surface area contributed by atoms with Crippen LogP contribution >= 0.6 is 0 Å². The van der Waals surface area contributed by atoms with Crippen molar-refractivity contribution in [2.75, 3.05) is 7.11 Å². The summed E-state index contributed by atoms with van der Waals surface area (Å²) in [6, 6.07) is 18.0. The van der Waals surface area contributed by atoms with Crippen molar-refractivity contribution in [1.29, 1.82) is 0 Å². The molecule has 166 valence electrons. The Balaban J connectivity index is 1.44. The molecule has 4 rings (SSSR count). The van der Waals surface area contributed by atoms with E-state index in [0.717, 1.165) is 39.2 Å². The summed E-state index contributed by atoms with van der Waals surface area (Å²) in [5, 5.41) is 1.10. The number of nitrogens with zero attached hydrogens (tertiary/aromatic N) is 1. The number of para-hydroxylation sites is 1. The van der Waals surface area contributed by atoms with E-state index in [-0.39, 0.29) is 18.5 Å². The molecule has 0 saturated carbocycles. The fraction of sp³-hybridized carbons (Fsp3) is 0.308. The summed E-state index contributed by atoms with van der Waals surface area (Å²) in [5.41, 5.74) is 7.51. The number of carbonyl (C=O) groups is 1. The quantitative estimate of drug-likeness (QED) is 0.533. The number of nitrogens with one attached hydrogen (secondary N) is 1. The van der Waals surface area contributed by atoms with Crippen LogP contribution in [0, 0.1) is 12.3 Å². The van der Waals surface area contributed by atoms with E-state index < -0.39 is 5.41 Å². The van der Waals surface area contributed by atoms with E-state index >= 15 is 0 Å². The van der Waals surface area contributed by atoms with Gasteiger partial charge >= 0.3 is 5.97 Å². The van der Waals surface area contributed by atoms with Crippen molar-refractivity contribution in [1.82, 2.24) is 10.5 Å². The van der Waals surface area contributed by atoms with Crippen LogP contribution < -0.4 is 10.2 Å². The predicted molar refractivity (Wildman–Crippen MR) is 124 cm³/mol. The number of aryl methyl sites for hydroxylation is 1. The number of esters is 1. The van der Waals surface area contributed by atoms with Crippen LogP contribution in [0.2, 0.25) is 0 Å². The van der Waals surface area contributed by atoms with Crippen LogP contribution in [-0.2, 0) is 21.0 Å². The van der Waals surface area contributed by atoms with Crippen LogP contribution in [-0.4, -0.2) is 24.2 Å². The second kappa shape index (κ2) is 9.01. The van der Waals surface area contributed by atoms with E-state index in [2.05, 4.69) is 22.6 Å². The Morgan fingerprint density at radius 2 is 1.91 bits per heavy atom. The van der Waals surface area contributed by atoms with Crippen LogP contribution in [0.15, 0.2) is 60.7 Å². The van der Waals surface area contributed by atoms with Crippen molar-refractivity contribution in [2.24, 2.45) is 5.41 Å². The van der Waals surface area contributed by atoms with E-state index in [1.54, 1.807) is 0 Å². The lowest BCUT2D eigenvalue weighted by Gasteiger charge is -2.27. The summed E-state index contributed by atoms with van der Waals surface area (Å²) in [7, 11) is 1.40. The molecule has 2 heterocycles. The zero-order chi connectivity index (χ0) is 22.7. The molecule has 0 fully saturated rings. The first kappa shape index (κ1) is 21.8. The molecular weight excluding hydrogens is 404 g/mol. The number of rotatable bonds is 7. The Labute approximate surface area is 188 Å². The Morgan fingerprint density at radius 3 is 2.66 bits per heavy atom. The number of methoxy groups -OCH3 is 1. The van der Waals surface area contributed by atoms with Gasteiger partial charge in [0.1, 0.15) is 18.5 Å². The number of ether oxygens (including phenoxy) is 2. The first-order valence-corrected chi connectivity index (χ1v) is 10.6. The Bertz CT molecular complexity index is 1150. The molecule has 32 heavy (non-hydrogen) atoms. The van der Waals surface area contributed by atoms with Gasteiger partial charge in [-0.3, -0.25) is 20.1 Å². The third-order valence-corrected chi connectivity index (χ3v) is 5.70. The molecule has 1 unspecified atom stereocenters. The maximum Gasteiger partial charge on any atom is 0.306 e. The van der Waals surface area contributed by atoms with Gasteiger partial charge in [-0.25, -0.2) is 0 Å². The van der Waals surface area contributed by atoms with Crippen LogP contribution in [0.3, 0.4) is 0 Å². The van der Waals surface area contributed by atoms with E-state index in [1.165, 1.54) is 7.11 Å². The summed E-state index contributed by atoms with van der Waals surface area (Å²) < 4.78 is 10.9. The minimum atomic E-state index is -0.393. The number of fused-ring (bicyclic) bond motifs is 1. The highest BCUT2D eigenvalue weighted by molar-refractivity contribution is 5.82. The second-order valence-corrected chi connectivity index (χ2v) is 8.72. The van der Waals surface area contributed by atoms with Crippen molar-refractivity contribution in [3.05, 3.63) is 77.5 Å². The Hall–Kier alpha value is -3.38. The summed E-state index contributed by atoms with van der Waals surface area (Å²) >= 11 is 0. The molecule has 1 aliphatic heterocycles. The highest BCUT2D eigenvalue weighted by Crippen LogP contribution is 2.34. The molecule has 1 aliphatic rings. The smallest absolute Gasteiger partial charge is 0.306 e. The van der Waals surface area contributed by atoms with Crippen molar-refractivity contribution < 1.29 is 19.1 Å². The summed E-state index contributed by atoms with van der Waals surface area (Å²) in [6.45, 7) is 6.43. The number of carbonyl (C=O) groups excluding carboxylic acids is 1. The minimum absolute atomic E-state index is 0.240. The van der Waals surface area contributed by atoms with Crippen LogP contribution in [0.1, 0.15) is 37.1 Å². The van der Waals surface area contributed by atoms with Crippen molar-refractivity contribution in [3.63, 3.8) is 0 Å². The lowest BCUT2D eigenvalue weighted by atomic mass is 9.82. The van der Waals surface area contributed by atoms with E-state index in [1.807, 2.05) is 69.3 Å². The van der Waals surface area contributed by atoms with E-state index in [4.69, 9.17) is 14.3 Å². The van der Waals surface area contributed by atoms with Gasteiger partial charge in [0.2, 0.25) is 0 Å². The van der Waals surface area contributed by atoms with Gasteiger partial charge in [0.05, 0.1) is 24.7 Å². The molecule has 6 heteroatoms. The zero-order valence-corrected chi connectivity index (χ0v) is 18.8. The average molecular weight is 433 g/mol. The van der Waals surface area contributed by atoms with Crippen LogP contribution in [0.4, 0.5) is 0 Å². The van der Waals surface area contributed by atoms with Gasteiger partial charge in [0.15, 0.2) is 0 Å². The maximum atomic E-state index is 11.7. The van der Waals surface area contributed by atoms with Crippen LogP contribution in [0.5, 0.6) is 5.75 Å². The van der Waals surface area contributed by atoms with Crippen LogP contribution in [0.25, 0.3) is 16.6 Å². The first-order chi connectivity index (χ1) is 15.4. The van der Waals surface area contributed by atoms with Gasteiger partial charge in [0.25, 0.3) is 0 Å². The molecule has 1 atom stereocenters. The lowest BCUT2D eigenvalue weighted by molar-refractivity contribution is -0.145. The highest BCUT2D eigenvalue weighted by Gasteiger charge is 2.35. The fourth-order valence-electron chi connectivity index (χ4n) is 3.84. The largest absolute Gasteiger partial charge is 0.489 e. The van der Waals surface area contributed by atoms with E-state index in [9.17, 15) is 4.79 Å². The number of benzene rings is 2. The number of hydrogen-bond acceptors (Lipinski definition) is 6. The Kier molecular flexibility index (Phi) is 6.15. The van der Waals surface area contributed by atoms with Gasteiger partial charge in [-0.2, -0.15) is 0 Å². The summed E-state index contributed by atoms with van der Waals surface area (Å²) in [4.78, 5) is 22.0. The Morgan fingerprint density at radius 1 is 1.16 bits per heavy atom. The topological polar surface area (TPSA) is 69.7 Å². The number of hydrogen-bond donors (Lipinski definition) is 1.